The number of anilines is 1. The summed E-state index contributed by atoms with van der Waals surface area (Å²) in [5.41, 5.74) is 2.61. The normalized spacial score (nSPS) is 14.6. The molecule has 2 aromatic carbocycles. The fraction of sp³-hybridized carbons (Fsp3) is 0.417. The third-order valence-corrected chi connectivity index (χ3v) is 5.59. The van der Waals surface area contributed by atoms with Crippen LogP contribution in [0, 0.1) is 19.7 Å². The maximum absolute atomic E-state index is 14.1. The van der Waals surface area contributed by atoms with Crippen molar-refractivity contribution in [1.82, 2.24) is 9.80 Å². The molecule has 1 saturated heterocycles. The van der Waals surface area contributed by atoms with E-state index in [1.807, 2.05) is 17.9 Å². The summed E-state index contributed by atoms with van der Waals surface area (Å²) in [6, 6.07) is 9.79. The Balaban J connectivity index is 1.69. The van der Waals surface area contributed by atoms with Crippen LogP contribution in [0.25, 0.3) is 0 Å². The van der Waals surface area contributed by atoms with Crippen LogP contribution in [-0.4, -0.2) is 54.3 Å². The van der Waals surface area contributed by atoms with Crippen LogP contribution >= 0.6 is 0 Å². The Bertz CT molecular complexity index is 921. The minimum absolute atomic E-state index is 0.0140. The number of nitrogens with one attached hydrogen (secondary N) is 1. The topological polar surface area (TPSA) is 52.6 Å². The van der Waals surface area contributed by atoms with Crippen LogP contribution in [0.15, 0.2) is 36.4 Å². The van der Waals surface area contributed by atoms with Crippen LogP contribution in [0.3, 0.4) is 0 Å². The van der Waals surface area contributed by atoms with Gasteiger partial charge in [-0.3, -0.25) is 14.5 Å². The summed E-state index contributed by atoms with van der Waals surface area (Å²) in [5, 5.41) is 2.76. The standard InChI is InChI=1S/C24H30FN3O2/c1-4-5-10-27-11-13-28(14-12-27)24(30)19-8-7-18(3)22(16-19)26-23(29)20-9-6-17(2)15-21(20)25/h6-9,15-16H,4-5,10-14H2,1-3H3,(H,26,29). The number of piperazine rings is 1. The maximum atomic E-state index is 14.1. The summed E-state index contributed by atoms with van der Waals surface area (Å²) in [4.78, 5) is 29.8. The van der Waals surface area contributed by atoms with Crippen LogP contribution < -0.4 is 5.32 Å². The van der Waals surface area contributed by atoms with Gasteiger partial charge in [0.1, 0.15) is 5.82 Å². The molecular weight excluding hydrogens is 381 g/mol. The van der Waals surface area contributed by atoms with Gasteiger partial charge in [0.15, 0.2) is 0 Å². The summed E-state index contributed by atoms with van der Waals surface area (Å²) in [6.07, 6.45) is 2.35. The first-order valence-corrected chi connectivity index (χ1v) is 10.6. The number of halogens is 1. The van der Waals surface area contributed by atoms with Crippen molar-refractivity contribution in [3.8, 4) is 0 Å². The quantitative estimate of drug-likeness (QED) is 0.773. The molecule has 0 bridgehead atoms. The summed E-state index contributed by atoms with van der Waals surface area (Å²) in [5.74, 6) is -1.12. The van der Waals surface area contributed by atoms with Crippen molar-refractivity contribution in [2.75, 3.05) is 38.0 Å². The van der Waals surface area contributed by atoms with Gasteiger partial charge in [-0.25, -0.2) is 4.39 Å². The zero-order valence-electron chi connectivity index (χ0n) is 18.0. The molecule has 1 aliphatic heterocycles. The Labute approximate surface area is 177 Å². The lowest BCUT2D eigenvalue weighted by Crippen LogP contribution is -2.48. The summed E-state index contributed by atoms with van der Waals surface area (Å²) in [6.45, 7) is 10.0. The Hall–Kier alpha value is -2.73. The van der Waals surface area contributed by atoms with E-state index in [0.29, 0.717) is 24.3 Å². The molecule has 1 fully saturated rings. The van der Waals surface area contributed by atoms with E-state index >= 15 is 0 Å². The molecule has 1 aliphatic rings. The minimum Gasteiger partial charge on any atom is -0.336 e. The van der Waals surface area contributed by atoms with Gasteiger partial charge >= 0.3 is 0 Å². The predicted octanol–water partition coefficient (Wildman–Crippen LogP) is 4.25. The van der Waals surface area contributed by atoms with E-state index in [-0.39, 0.29) is 11.5 Å². The fourth-order valence-corrected chi connectivity index (χ4v) is 3.62. The maximum Gasteiger partial charge on any atom is 0.258 e. The highest BCUT2D eigenvalue weighted by Gasteiger charge is 2.22. The van der Waals surface area contributed by atoms with Crippen LogP contribution in [0.4, 0.5) is 10.1 Å². The zero-order valence-corrected chi connectivity index (χ0v) is 18.0. The van der Waals surface area contributed by atoms with E-state index in [9.17, 15) is 14.0 Å². The molecule has 0 spiro atoms. The number of carbonyl (C=O) groups excluding carboxylic acids is 2. The smallest absolute Gasteiger partial charge is 0.258 e. The molecule has 30 heavy (non-hydrogen) atoms. The Morgan fingerprint density at radius 2 is 1.77 bits per heavy atom. The number of rotatable bonds is 6. The van der Waals surface area contributed by atoms with Crippen molar-refractivity contribution in [1.29, 1.82) is 0 Å². The third-order valence-electron chi connectivity index (χ3n) is 5.59. The van der Waals surface area contributed by atoms with Gasteiger partial charge in [-0.2, -0.15) is 0 Å². The van der Waals surface area contributed by atoms with E-state index in [2.05, 4.69) is 17.1 Å². The SMILES string of the molecule is CCCCN1CCN(C(=O)c2ccc(C)c(NC(=O)c3ccc(C)cc3F)c2)CC1. The highest BCUT2D eigenvalue weighted by Crippen LogP contribution is 2.21. The number of unbranched alkanes of at least 4 members (excludes halogenated alkanes) is 1. The Morgan fingerprint density at radius 3 is 2.43 bits per heavy atom. The van der Waals surface area contributed by atoms with Crippen molar-refractivity contribution in [2.45, 2.75) is 33.6 Å². The lowest BCUT2D eigenvalue weighted by molar-refractivity contribution is 0.0635. The van der Waals surface area contributed by atoms with Crippen LogP contribution in [0.2, 0.25) is 0 Å². The van der Waals surface area contributed by atoms with Gasteiger partial charge in [0.2, 0.25) is 0 Å². The predicted molar refractivity (Wildman–Crippen MR) is 118 cm³/mol. The van der Waals surface area contributed by atoms with Gasteiger partial charge in [0, 0.05) is 37.4 Å². The lowest BCUT2D eigenvalue weighted by Gasteiger charge is -2.34. The molecule has 6 heteroatoms. The summed E-state index contributed by atoms with van der Waals surface area (Å²) < 4.78 is 14.1. The third kappa shape index (κ3) is 5.25. The molecule has 0 aliphatic carbocycles. The lowest BCUT2D eigenvalue weighted by atomic mass is 10.1. The first kappa shape index (κ1) is 22.0. The minimum atomic E-state index is -0.557. The van der Waals surface area contributed by atoms with E-state index in [1.54, 1.807) is 25.1 Å². The van der Waals surface area contributed by atoms with E-state index in [1.165, 1.54) is 25.0 Å². The van der Waals surface area contributed by atoms with Crippen molar-refractivity contribution < 1.29 is 14.0 Å². The van der Waals surface area contributed by atoms with Crippen molar-refractivity contribution in [2.24, 2.45) is 0 Å². The number of hydrogen-bond donors (Lipinski definition) is 1. The van der Waals surface area contributed by atoms with E-state index in [0.717, 1.165) is 30.8 Å². The van der Waals surface area contributed by atoms with Gasteiger partial charge in [-0.1, -0.05) is 25.5 Å². The number of benzene rings is 2. The second kappa shape index (κ2) is 9.85. The van der Waals surface area contributed by atoms with Gasteiger partial charge in [0.25, 0.3) is 11.8 Å². The monoisotopic (exact) mass is 411 g/mol. The second-order valence-electron chi connectivity index (χ2n) is 7.95. The highest BCUT2D eigenvalue weighted by molar-refractivity contribution is 6.05. The van der Waals surface area contributed by atoms with Crippen LogP contribution in [0.5, 0.6) is 0 Å². The molecule has 0 atom stereocenters. The molecule has 0 aromatic heterocycles. The molecule has 160 valence electrons. The molecule has 5 nitrogen and oxygen atoms in total. The van der Waals surface area contributed by atoms with Gasteiger partial charge in [-0.05, 0) is 62.2 Å². The number of amides is 2. The van der Waals surface area contributed by atoms with Crippen LogP contribution in [0.1, 0.15) is 51.6 Å². The Kier molecular flexibility index (Phi) is 7.21. The van der Waals surface area contributed by atoms with Crippen LogP contribution in [-0.2, 0) is 0 Å². The van der Waals surface area contributed by atoms with Gasteiger partial charge in [-0.15, -0.1) is 0 Å². The van der Waals surface area contributed by atoms with E-state index in [4.69, 9.17) is 0 Å². The van der Waals surface area contributed by atoms with E-state index < -0.39 is 11.7 Å². The molecule has 3 rings (SSSR count). The molecule has 1 N–H and O–H groups in total. The average molecular weight is 412 g/mol. The molecule has 0 unspecified atom stereocenters. The van der Waals surface area contributed by atoms with Crippen molar-refractivity contribution in [3.05, 3.63) is 64.5 Å². The largest absolute Gasteiger partial charge is 0.336 e. The number of carbonyl (C=O) groups is 2. The first-order valence-electron chi connectivity index (χ1n) is 10.6. The summed E-state index contributed by atoms with van der Waals surface area (Å²) in [7, 11) is 0. The molecule has 2 amide bonds. The number of nitrogens with zero attached hydrogens (tertiary/aromatic N) is 2. The summed E-state index contributed by atoms with van der Waals surface area (Å²) >= 11 is 0. The fourth-order valence-electron chi connectivity index (χ4n) is 3.62. The molecule has 1 heterocycles. The van der Waals surface area contributed by atoms with Crippen molar-refractivity contribution >= 4 is 17.5 Å². The molecule has 0 radical (unpaired) electrons. The van der Waals surface area contributed by atoms with Crippen molar-refractivity contribution in [3.63, 3.8) is 0 Å². The van der Waals surface area contributed by atoms with Gasteiger partial charge < -0.3 is 10.2 Å². The molecule has 0 saturated carbocycles. The first-order chi connectivity index (χ1) is 14.4. The second-order valence-corrected chi connectivity index (χ2v) is 7.95. The average Bonchev–Trinajstić information content (AvgIpc) is 2.73. The number of aryl methyl sites for hydroxylation is 2. The molecule has 2 aromatic rings. The highest BCUT2D eigenvalue weighted by atomic mass is 19.1. The number of hydrogen-bond acceptors (Lipinski definition) is 3. The zero-order chi connectivity index (χ0) is 21.7. The van der Waals surface area contributed by atoms with Gasteiger partial charge in [0.05, 0.1) is 5.56 Å². The molecular formula is C24H30FN3O2. The Morgan fingerprint density at radius 1 is 1.03 bits per heavy atom.